The Labute approximate surface area is 148 Å². The highest BCUT2D eigenvalue weighted by Crippen LogP contribution is 2.24. The van der Waals surface area contributed by atoms with Gasteiger partial charge in [-0.1, -0.05) is 35.6 Å². The highest BCUT2D eigenvalue weighted by molar-refractivity contribution is 6.31. The predicted molar refractivity (Wildman–Crippen MR) is 95.4 cm³/mol. The molecule has 1 aromatic carbocycles. The van der Waals surface area contributed by atoms with Gasteiger partial charge in [0.1, 0.15) is 18.3 Å². The Balaban J connectivity index is 1.91. The van der Waals surface area contributed by atoms with E-state index in [1.165, 1.54) is 0 Å². The van der Waals surface area contributed by atoms with Crippen LogP contribution in [-0.2, 0) is 11.3 Å². The third-order valence-corrected chi connectivity index (χ3v) is 3.62. The summed E-state index contributed by atoms with van der Waals surface area (Å²) in [5.74, 6) is 6.29. The summed E-state index contributed by atoms with van der Waals surface area (Å²) in [4.78, 5) is 0. The van der Waals surface area contributed by atoms with Gasteiger partial charge < -0.3 is 10.2 Å². The lowest BCUT2D eigenvalue weighted by atomic mass is 10.1. The van der Waals surface area contributed by atoms with Gasteiger partial charge in [0.05, 0.1) is 11.7 Å². The second-order valence-electron chi connectivity index (χ2n) is 6.38. The quantitative estimate of drug-likeness (QED) is 0.813. The molecule has 3 nitrogen and oxygen atoms in total. The first-order valence-electron chi connectivity index (χ1n) is 7.80. The van der Waals surface area contributed by atoms with E-state index in [4.69, 9.17) is 16.3 Å². The van der Waals surface area contributed by atoms with E-state index >= 15 is 0 Å². The molecule has 0 saturated heterocycles. The van der Waals surface area contributed by atoms with Gasteiger partial charge >= 0.3 is 0 Å². The summed E-state index contributed by atoms with van der Waals surface area (Å²) in [5, 5.41) is 2.48. The van der Waals surface area contributed by atoms with Crippen LogP contribution in [0.4, 0.5) is 4.39 Å². The van der Waals surface area contributed by atoms with Gasteiger partial charge in [-0.25, -0.2) is 0 Å². The smallest absolute Gasteiger partial charge is 0.157 e. The zero-order valence-corrected chi connectivity index (χ0v) is 15.0. The Morgan fingerprint density at radius 2 is 1.96 bits per heavy atom. The van der Waals surface area contributed by atoms with Crippen LogP contribution in [0.1, 0.15) is 38.3 Å². The number of hydrazine groups is 1. The Morgan fingerprint density at radius 1 is 1.25 bits per heavy atom. The zero-order valence-electron chi connectivity index (χ0n) is 14.2. The molecule has 0 saturated carbocycles. The van der Waals surface area contributed by atoms with Crippen LogP contribution in [0, 0.1) is 11.8 Å². The van der Waals surface area contributed by atoms with Gasteiger partial charge in [-0.15, -0.1) is 0 Å². The number of allylic oxidation sites excluding steroid dienone is 1. The van der Waals surface area contributed by atoms with Crippen LogP contribution < -0.4 is 5.43 Å². The van der Waals surface area contributed by atoms with Gasteiger partial charge in [-0.3, -0.25) is 9.40 Å². The second-order valence-corrected chi connectivity index (χ2v) is 6.79. The van der Waals surface area contributed by atoms with Crippen molar-refractivity contribution in [1.82, 2.24) is 10.4 Å². The standard InChI is InChI=1S/C19H22ClFN2O/c1-19(2,3)23-13-17(20)18(12-22-23)24-14-16-9-7-15(8-10-16)6-4-5-11-21/h7-10,12-13,22H,5,11,14H2,1-3H3. The lowest BCUT2D eigenvalue weighted by molar-refractivity contribution is 0.141. The first kappa shape index (κ1) is 18.2. The van der Waals surface area contributed by atoms with Crippen molar-refractivity contribution in [3.05, 3.63) is 58.6 Å². The summed E-state index contributed by atoms with van der Waals surface area (Å²) in [7, 11) is 0. The van der Waals surface area contributed by atoms with Crippen LogP contribution in [0.5, 0.6) is 0 Å². The molecule has 128 valence electrons. The Bertz CT molecular complexity index is 678. The number of hydrogen-bond acceptors (Lipinski definition) is 3. The van der Waals surface area contributed by atoms with E-state index in [2.05, 4.69) is 38.0 Å². The van der Waals surface area contributed by atoms with Gasteiger partial charge in [-0.2, -0.15) is 0 Å². The molecular weight excluding hydrogens is 327 g/mol. The zero-order chi connectivity index (χ0) is 17.6. The Kier molecular flexibility index (Phi) is 6.16. The highest BCUT2D eigenvalue weighted by Gasteiger charge is 2.22. The number of nitrogens with zero attached hydrogens (tertiary/aromatic N) is 1. The summed E-state index contributed by atoms with van der Waals surface area (Å²) >= 11 is 6.28. The summed E-state index contributed by atoms with van der Waals surface area (Å²) in [6.07, 6.45) is 3.84. The van der Waals surface area contributed by atoms with Crippen LogP contribution in [0.3, 0.4) is 0 Å². The average Bonchev–Trinajstić information content (AvgIpc) is 2.54. The van der Waals surface area contributed by atoms with Gasteiger partial charge in [0, 0.05) is 18.2 Å². The normalized spacial score (nSPS) is 14.1. The molecule has 0 atom stereocenters. The van der Waals surface area contributed by atoms with Crippen molar-refractivity contribution in [3.63, 3.8) is 0 Å². The minimum atomic E-state index is -0.414. The molecule has 1 aliphatic rings. The molecule has 24 heavy (non-hydrogen) atoms. The lowest BCUT2D eigenvalue weighted by Gasteiger charge is -2.36. The molecule has 1 N–H and O–H groups in total. The molecule has 0 bridgehead atoms. The van der Waals surface area contributed by atoms with Crippen molar-refractivity contribution in [3.8, 4) is 11.8 Å². The molecule has 0 spiro atoms. The van der Waals surface area contributed by atoms with Crippen LogP contribution in [0.15, 0.2) is 47.5 Å². The molecule has 1 aromatic rings. The van der Waals surface area contributed by atoms with Gasteiger partial charge in [-0.05, 0) is 38.5 Å². The van der Waals surface area contributed by atoms with E-state index < -0.39 is 6.67 Å². The molecule has 5 heteroatoms. The number of nitrogens with one attached hydrogen (secondary N) is 1. The van der Waals surface area contributed by atoms with Gasteiger partial charge in [0.2, 0.25) is 0 Å². The molecule has 0 unspecified atom stereocenters. The van der Waals surface area contributed by atoms with Crippen LogP contribution in [0.2, 0.25) is 0 Å². The number of rotatable bonds is 4. The Morgan fingerprint density at radius 3 is 2.54 bits per heavy atom. The van der Waals surface area contributed by atoms with Gasteiger partial charge in [0.25, 0.3) is 0 Å². The molecule has 0 radical (unpaired) electrons. The van der Waals surface area contributed by atoms with E-state index in [-0.39, 0.29) is 12.0 Å². The first-order valence-corrected chi connectivity index (χ1v) is 8.18. The van der Waals surface area contributed by atoms with Crippen molar-refractivity contribution in [2.45, 2.75) is 39.3 Å². The lowest BCUT2D eigenvalue weighted by Crippen LogP contribution is -2.46. The molecule has 2 rings (SSSR count). The maximum absolute atomic E-state index is 12.0. The van der Waals surface area contributed by atoms with Crippen molar-refractivity contribution >= 4 is 11.6 Å². The minimum Gasteiger partial charge on any atom is -0.486 e. The maximum atomic E-state index is 12.0. The fourth-order valence-corrected chi connectivity index (χ4v) is 2.17. The first-order chi connectivity index (χ1) is 11.4. The number of hydrogen-bond donors (Lipinski definition) is 1. The third-order valence-electron chi connectivity index (χ3n) is 3.34. The van der Waals surface area contributed by atoms with Crippen LogP contribution >= 0.6 is 11.6 Å². The van der Waals surface area contributed by atoms with Crippen LogP contribution in [-0.4, -0.2) is 17.2 Å². The Hall–Kier alpha value is -2.12. The number of ether oxygens (including phenoxy) is 1. The number of benzene rings is 1. The summed E-state index contributed by atoms with van der Waals surface area (Å²) in [6.45, 7) is 6.24. The van der Waals surface area contributed by atoms with E-state index in [1.54, 1.807) is 6.20 Å². The topological polar surface area (TPSA) is 24.5 Å². The van der Waals surface area contributed by atoms with E-state index in [1.807, 2.05) is 35.5 Å². The predicted octanol–water partition coefficient (Wildman–Crippen LogP) is 4.45. The van der Waals surface area contributed by atoms with Crippen LogP contribution in [0.25, 0.3) is 0 Å². The SMILES string of the molecule is CC(C)(C)N1C=C(Cl)C(OCc2ccc(C#CCCF)cc2)=CN1. The van der Waals surface area contributed by atoms with Crippen molar-refractivity contribution in [2.24, 2.45) is 0 Å². The second kappa shape index (κ2) is 8.12. The monoisotopic (exact) mass is 348 g/mol. The maximum Gasteiger partial charge on any atom is 0.157 e. The average molecular weight is 349 g/mol. The van der Waals surface area contributed by atoms with E-state index in [0.29, 0.717) is 17.4 Å². The van der Waals surface area contributed by atoms with Crippen molar-refractivity contribution < 1.29 is 9.13 Å². The summed E-state index contributed by atoms with van der Waals surface area (Å²) in [6, 6.07) is 7.68. The fraction of sp³-hybridized carbons (Fsp3) is 0.368. The highest BCUT2D eigenvalue weighted by atomic mass is 35.5. The molecule has 0 aliphatic carbocycles. The molecule has 0 fully saturated rings. The van der Waals surface area contributed by atoms with E-state index in [9.17, 15) is 4.39 Å². The third kappa shape index (κ3) is 5.21. The number of halogens is 2. The minimum absolute atomic E-state index is 0.0822. The molecule has 0 amide bonds. The number of alkyl halides is 1. The molecule has 1 heterocycles. The molecular formula is C19H22ClFN2O. The summed E-state index contributed by atoms with van der Waals surface area (Å²) < 4.78 is 17.8. The largest absolute Gasteiger partial charge is 0.486 e. The fourth-order valence-electron chi connectivity index (χ4n) is 1.97. The van der Waals surface area contributed by atoms with Gasteiger partial charge in [0.15, 0.2) is 5.76 Å². The van der Waals surface area contributed by atoms with E-state index in [0.717, 1.165) is 11.1 Å². The summed E-state index contributed by atoms with van der Waals surface area (Å²) in [5.41, 5.74) is 4.94. The molecule has 1 aliphatic heterocycles. The van der Waals surface area contributed by atoms with Crippen molar-refractivity contribution in [1.29, 1.82) is 0 Å². The van der Waals surface area contributed by atoms with Crippen molar-refractivity contribution in [2.75, 3.05) is 6.67 Å². The molecule has 0 aromatic heterocycles.